The fraction of sp³-hybridized carbons (Fsp3) is 1.00. The van der Waals surface area contributed by atoms with Gasteiger partial charge in [0.2, 0.25) is 0 Å². The summed E-state index contributed by atoms with van der Waals surface area (Å²) in [6, 6.07) is 0. The molecule has 50 valence electrons. The molecular weight excluding hydrogens is 238 g/mol. The molecule has 0 unspecified atom stereocenters. The minimum Gasteiger partial charge on any atom is -0.303 e. The topological polar surface area (TPSA) is 3.24 Å². The van der Waals surface area contributed by atoms with Crippen LogP contribution in [0.1, 0.15) is 19.3 Å². The van der Waals surface area contributed by atoms with E-state index >= 15 is 0 Å². The van der Waals surface area contributed by atoms with Crippen LogP contribution in [-0.4, -0.2) is 24.5 Å². The van der Waals surface area contributed by atoms with E-state index in [1.54, 1.807) is 0 Å². The van der Waals surface area contributed by atoms with Crippen molar-refractivity contribution in [2.24, 2.45) is 5.92 Å². The molecule has 0 radical (unpaired) electrons. The van der Waals surface area contributed by atoms with Crippen LogP contribution in [0.2, 0.25) is 0 Å². The van der Waals surface area contributed by atoms with Crippen molar-refractivity contribution < 1.29 is 41.7 Å². The van der Waals surface area contributed by atoms with Crippen molar-refractivity contribution in [1.82, 2.24) is 4.90 Å². The molecule has 0 amide bonds. The summed E-state index contributed by atoms with van der Waals surface area (Å²) < 4.78 is 0. The Bertz CT molecular complexity index is 63.9. The first-order valence-corrected chi connectivity index (χ1v) is 3.67. The molecule has 9 heavy (non-hydrogen) atoms. The van der Waals surface area contributed by atoms with Gasteiger partial charge >= 0.3 is 0 Å². The Kier molecular flexibility index (Phi) is 3.42. The first-order chi connectivity index (χ1) is 3.95. The molecule has 0 N–H and O–H groups in total. The van der Waals surface area contributed by atoms with Gasteiger partial charge in [-0.2, -0.15) is 0 Å². The first-order valence-electron chi connectivity index (χ1n) is 3.67. The second kappa shape index (κ2) is 3.65. The van der Waals surface area contributed by atoms with Crippen molar-refractivity contribution in [3.63, 3.8) is 0 Å². The van der Waals surface area contributed by atoms with Gasteiger partial charge in [0.15, 0.2) is 0 Å². The standard InChI is InChI=1S/C7H13N.Ce/c1-4-8-5-2-7(1)3-6-8;/h7H,1-6H2;. The van der Waals surface area contributed by atoms with E-state index in [0.29, 0.717) is 0 Å². The van der Waals surface area contributed by atoms with Gasteiger partial charge in [-0.05, 0) is 44.8 Å². The molecule has 3 aliphatic rings. The second-order valence-corrected chi connectivity index (χ2v) is 3.07. The normalized spacial score (nSPS) is 40.0. The smallest absolute Gasteiger partial charge is 0 e. The van der Waals surface area contributed by atoms with Crippen molar-refractivity contribution in [3.8, 4) is 0 Å². The summed E-state index contributed by atoms with van der Waals surface area (Å²) in [6.07, 6.45) is 4.46. The van der Waals surface area contributed by atoms with Crippen molar-refractivity contribution >= 4 is 0 Å². The Hall–Kier alpha value is 1.34. The Labute approximate surface area is 90.6 Å². The van der Waals surface area contributed by atoms with Crippen molar-refractivity contribution in [2.45, 2.75) is 19.3 Å². The molecule has 0 aromatic carbocycles. The summed E-state index contributed by atoms with van der Waals surface area (Å²) in [5.74, 6) is 1.11. The van der Waals surface area contributed by atoms with Crippen LogP contribution in [0.5, 0.6) is 0 Å². The maximum Gasteiger partial charge on any atom is 0 e. The molecule has 0 spiro atoms. The summed E-state index contributed by atoms with van der Waals surface area (Å²) in [4.78, 5) is 2.58. The van der Waals surface area contributed by atoms with E-state index in [9.17, 15) is 0 Å². The molecule has 3 saturated heterocycles. The van der Waals surface area contributed by atoms with E-state index in [2.05, 4.69) is 4.90 Å². The maximum atomic E-state index is 2.58. The van der Waals surface area contributed by atoms with Crippen LogP contribution in [0, 0.1) is 47.7 Å². The summed E-state index contributed by atoms with van der Waals surface area (Å²) in [6.45, 7) is 4.18. The van der Waals surface area contributed by atoms with Gasteiger partial charge in [0.25, 0.3) is 0 Å². The molecule has 3 rings (SSSR count). The van der Waals surface area contributed by atoms with Crippen LogP contribution in [0.25, 0.3) is 0 Å². The third kappa shape index (κ3) is 1.88. The van der Waals surface area contributed by atoms with Gasteiger partial charge in [0.05, 0.1) is 0 Å². The molecule has 2 bridgehead atoms. The third-order valence-corrected chi connectivity index (χ3v) is 2.56. The van der Waals surface area contributed by atoms with Crippen molar-refractivity contribution in [3.05, 3.63) is 0 Å². The molecule has 1 nitrogen and oxygen atoms in total. The number of rotatable bonds is 0. The molecule has 0 aliphatic carbocycles. The maximum absolute atomic E-state index is 2.58. The molecule has 2 heteroatoms. The fourth-order valence-corrected chi connectivity index (χ4v) is 1.86. The average Bonchev–Trinajstić information content (AvgIpc) is 1.92. The third-order valence-electron chi connectivity index (χ3n) is 2.56. The number of hydrogen-bond acceptors (Lipinski definition) is 1. The number of nitrogens with zero attached hydrogens (tertiary/aromatic N) is 1. The monoisotopic (exact) mass is 251 g/mol. The molecule has 3 heterocycles. The number of hydrogen-bond donors (Lipinski definition) is 0. The fourth-order valence-electron chi connectivity index (χ4n) is 1.86. The van der Waals surface area contributed by atoms with Crippen LogP contribution < -0.4 is 0 Å². The van der Waals surface area contributed by atoms with Crippen LogP contribution in [0.15, 0.2) is 0 Å². The summed E-state index contributed by atoms with van der Waals surface area (Å²) >= 11 is 0. The Morgan fingerprint density at radius 3 is 1.44 bits per heavy atom. The molecule has 0 atom stereocenters. The zero-order chi connectivity index (χ0) is 5.40. The summed E-state index contributed by atoms with van der Waals surface area (Å²) in [5, 5.41) is 0. The molecular formula is C7H13CeN. The minimum atomic E-state index is 0. The predicted molar refractivity (Wildman–Crippen MR) is 33.8 cm³/mol. The van der Waals surface area contributed by atoms with Gasteiger partial charge in [-0.3, -0.25) is 0 Å². The molecule has 0 aromatic heterocycles. The second-order valence-electron chi connectivity index (χ2n) is 3.07. The zero-order valence-electron chi connectivity index (χ0n) is 5.77. The molecule has 0 aromatic rings. The van der Waals surface area contributed by atoms with Crippen molar-refractivity contribution in [2.75, 3.05) is 19.6 Å². The van der Waals surface area contributed by atoms with Crippen LogP contribution in [0.3, 0.4) is 0 Å². The number of fused-ring (bicyclic) bond motifs is 3. The van der Waals surface area contributed by atoms with E-state index < -0.39 is 0 Å². The van der Waals surface area contributed by atoms with Gasteiger partial charge in [-0.15, -0.1) is 0 Å². The predicted octanol–water partition coefficient (Wildman–Crippen LogP) is 1.10. The van der Waals surface area contributed by atoms with Gasteiger partial charge in [0, 0.05) is 41.7 Å². The molecule has 0 saturated carbocycles. The van der Waals surface area contributed by atoms with E-state index in [0.717, 1.165) is 5.92 Å². The van der Waals surface area contributed by atoms with E-state index in [-0.39, 0.29) is 41.7 Å². The SMILES string of the molecule is C1CN2CCC1CC2.[Ce]. The van der Waals surface area contributed by atoms with Crippen LogP contribution in [-0.2, 0) is 0 Å². The Morgan fingerprint density at radius 1 is 0.889 bits per heavy atom. The van der Waals surface area contributed by atoms with Gasteiger partial charge in [-0.25, -0.2) is 0 Å². The van der Waals surface area contributed by atoms with E-state index in [4.69, 9.17) is 0 Å². The first kappa shape index (κ1) is 8.43. The summed E-state index contributed by atoms with van der Waals surface area (Å²) in [5.41, 5.74) is 0. The van der Waals surface area contributed by atoms with Gasteiger partial charge in [-0.1, -0.05) is 0 Å². The largest absolute Gasteiger partial charge is 0.303 e. The minimum absolute atomic E-state index is 0. The van der Waals surface area contributed by atoms with E-state index in [1.807, 2.05) is 0 Å². The quantitative estimate of drug-likeness (QED) is 0.623. The molecule has 3 fully saturated rings. The Balaban J connectivity index is 0.000000405. The summed E-state index contributed by atoms with van der Waals surface area (Å²) in [7, 11) is 0. The Morgan fingerprint density at radius 2 is 1.33 bits per heavy atom. The zero-order valence-corrected chi connectivity index (χ0v) is 8.91. The number of piperidine rings is 3. The van der Waals surface area contributed by atoms with Gasteiger partial charge < -0.3 is 4.90 Å². The van der Waals surface area contributed by atoms with Crippen LogP contribution in [0.4, 0.5) is 0 Å². The molecule has 3 aliphatic heterocycles. The average molecular weight is 251 g/mol. The van der Waals surface area contributed by atoms with Crippen molar-refractivity contribution in [1.29, 1.82) is 0 Å². The van der Waals surface area contributed by atoms with Crippen LogP contribution >= 0.6 is 0 Å². The van der Waals surface area contributed by atoms with Gasteiger partial charge in [0.1, 0.15) is 0 Å². The van der Waals surface area contributed by atoms with E-state index in [1.165, 1.54) is 38.9 Å².